The molecule has 8 heteroatoms. The number of rotatable bonds is 2. The highest BCUT2D eigenvalue weighted by atomic mass is 35.7. The molecule has 1 aromatic carbocycles. The number of allylic oxidation sites excluding steroid dienone is 7. The Labute approximate surface area is 169 Å². The lowest BCUT2D eigenvalue weighted by atomic mass is 10.1. The summed E-state index contributed by atoms with van der Waals surface area (Å²) in [5, 5.41) is 2.23. The van der Waals surface area contributed by atoms with Gasteiger partial charge in [0.15, 0.2) is 5.71 Å². The summed E-state index contributed by atoms with van der Waals surface area (Å²) in [5.41, 5.74) is 3.74. The van der Waals surface area contributed by atoms with E-state index in [9.17, 15) is 0 Å². The molecule has 0 amide bonds. The number of hydrogen-bond acceptors (Lipinski definition) is 6. The van der Waals surface area contributed by atoms with E-state index in [2.05, 4.69) is 90.9 Å². The van der Waals surface area contributed by atoms with Gasteiger partial charge in [-0.25, -0.2) is 23.2 Å². The molecule has 0 N–H and O–H groups in total. The lowest BCUT2D eigenvalue weighted by molar-refractivity contribution is -2.00. The van der Waals surface area contributed by atoms with Gasteiger partial charge in [-0.05, 0) is 34.8 Å². The minimum absolute atomic E-state index is 1.22. The fourth-order valence-corrected chi connectivity index (χ4v) is 4.17. The van der Waals surface area contributed by atoms with Gasteiger partial charge in [0, 0.05) is 21.3 Å². The van der Waals surface area contributed by atoms with Gasteiger partial charge in [-0.2, -0.15) is 0 Å². The molecule has 2 aliphatic rings. The normalized spacial score (nSPS) is 17.6. The average molecular weight is 424 g/mol. The van der Waals surface area contributed by atoms with Crippen LogP contribution in [-0.2, 0) is 0 Å². The highest BCUT2D eigenvalue weighted by molar-refractivity contribution is 8.31. The Morgan fingerprint density at radius 1 is 0.889 bits per heavy atom. The number of nitrogens with zero attached hydrogens (tertiary/aromatic N) is 1. The zero-order valence-corrected chi connectivity index (χ0v) is 17.1. The first-order chi connectivity index (χ1) is 12.7. The number of hydrogen-bond donors (Lipinski definition) is 0. The molecule has 0 saturated carbocycles. The molecule has 0 spiro atoms. The molecule has 0 radical (unpaired) electrons. The van der Waals surface area contributed by atoms with Gasteiger partial charge in [0.25, 0.3) is 0 Å². The number of halogens is 1. The van der Waals surface area contributed by atoms with Crippen LogP contribution in [-0.4, -0.2) is 24.4 Å². The quantitative estimate of drug-likeness (QED) is 0.635. The first kappa shape index (κ1) is 21.7. The lowest BCUT2D eigenvalue weighted by Gasteiger charge is -2.17. The van der Waals surface area contributed by atoms with Gasteiger partial charge < -0.3 is 0 Å². The van der Waals surface area contributed by atoms with Gasteiger partial charge in [-0.15, -0.1) is 10.2 Å². The molecular weight excluding hydrogens is 406 g/mol. The van der Waals surface area contributed by atoms with Crippen molar-refractivity contribution in [1.29, 1.82) is 0 Å². The molecule has 1 aliphatic carbocycles. The zero-order chi connectivity index (χ0) is 19.9. The van der Waals surface area contributed by atoms with Crippen molar-refractivity contribution in [3.8, 4) is 0 Å². The van der Waals surface area contributed by atoms with Gasteiger partial charge in [0.1, 0.15) is 14.1 Å². The third-order valence-corrected chi connectivity index (χ3v) is 5.69. The van der Waals surface area contributed by atoms with Gasteiger partial charge in [0.2, 0.25) is 0 Å². The summed E-state index contributed by atoms with van der Waals surface area (Å²) in [6.45, 7) is 0. The fraction of sp³-hybridized carbons (Fsp3) is 0.105. The lowest BCUT2D eigenvalue weighted by Crippen LogP contribution is -2.68. The summed E-state index contributed by atoms with van der Waals surface area (Å²) in [6, 6.07) is 10.5. The van der Waals surface area contributed by atoms with E-state index in [-0.39, 0.29) is 0 Å². The van der Waals surface area contributed by atoms with E-state index in [1.807, 2.05) is 11.8 Å². The van der Waals surface area contributed by atoms with Crippen LogP contribution >= 0.6 is 23.5 Å². The largest absolute Gasteiger partial charge is 0.235 e. The van der Waals surface area contributed by atoms with Crippen molar-refractivity contribution in [2.75, 3.05) is 14.1 Å². The van der Waals surface area contributed by atoms with E-state index in [1.165, 1.54) is 26.0 Å². The van der Waals surface area contributed by atoms with Crippen LogP contribution in [0.25, 0.3) is 4.91 Å². The Bertz CT molecular complexity index is 822. The Morgan fingerprint density at radius 3 is 2.04 bits per heavy atom. The molecule has 0 atom stereocenters. The van der Waals surface area contributed by atoms with Gasteiger partial charge in [-0.3, -0.25) is 0 Å². The molecule has 1 heterocycles. The van der Waals surface area contributed by atoms with Crippen LogP contribution < -0.4 is 18.6 Å². The third kappa shape index (κ3) is 8.32. The van der Waals surface area contributed by atoms with Crippen molar-refractivity contribution in [1.82, 2.24) is 0 Å². The van der Waals surface area contributed by atoms with Gasteiger partial charge in [0.05, 0.1) is 0 Å². The number of benzene rings is 1. The second-order valence-corrected chi connectivity index (χ2v) is 8.59. The highest BCUT2D eigenvalue weighted by Gasteiger charge is 2.12. The van der Waals surface area contributed by atoms with Crippen LogP contribution in [0.3, 0.4) is 0 Å². The van der Waals surface area contributed by atoms with Crippen LogP contribution in [0.1, 0.15) is 5.56 Å². The van der Waals surface area contributed by atoms with Crippen molar-refractivity contribution in [2.45, 2.75) is 0 Å². The summed E-state index contributed by atoms with van der Waals surface area (Å²) in [7, 11) is -0.827. The molecule has 0 unspecified atom stereocenters. The van der Waals surface area contributed by atoms with Crippen LogP contribution in [0, 0.1) is 10.2 Å². The van der Waals surface area contributed by atoms with Crippen LogP contribution in [0.5, 0.6) is 0 Å². The summed E-state index contributed by atoms with van der Waals surface area (Å²) >= 11 is 3.63. The van der Waals surface area contributed by atoms with Crippen LogP contribution in [0.15, 0.2) is 82.0 Å². The minimum atomic E-state index is -4.94. The Kier molecular flexibility index (Phi) is 8.12. The maximum absolute atomic E-state index is 8.49. The van der Waals surface area contributed by atoms with Crippen LogP contribution in [0.4, 0.5) is 0 Å². The first-order valence-electron chi connectivity index (χ1n) is 7.76. The smallest absolute Gasteiger partial charge is 0.199 e. The van der Waals surface area contributed by atoms with Crippen molar-refractivity contribution in [3.05, 3.63) is 87.6 Å². The van der Waals surface area contributed by atoms with Crippen molar-refractivity contribution in [2.24, 2.45) is 0 Å². The van der Waals surface area contributed by atoms with E-state index in [1.54, 1.807) is 11.8 Å². The Morgan fingerprint density at radius 2 is 1.48 bits per heavy atom. The SMILES string of the molecule is C[N+](C)=C1C=CC(=C/C=C2/SC=C(c3ccccc3)S2)C=C1.[O-][Cl+3]([O-])([O-])[O-]. The molecule has 1 aliphatic heterocycles. The van der Waals surface area contributed by atoms with Crippen molar-refractivity contribution >= 4 is 34.1 Å². The molecule has 0 saturated heterocycles. The molecule has 5 nitrogen and oxygen atoms in total. The predicted octanol–water partition coefficient (Wildman–Crippen LogP) is 0.316. The summed E-state index contributed by atoms with van der Waals surface area (Å²) < 4.78 is 37.4. The predicted molar refractivity (Wildman–Crippen MR) is 101 cm³/mol. The zero-order valence-electron chi connectivity index (χ0n) is 14.7. The first-order valence-corrected chi connectivity index (χ1v) is 10.7. The molecule has 27 heavy (non-hydrogen) atoms. The van der Waals surface area contributed by atoms with Gasteiger partial charge >= 0.3 is 0 Å². The second-order valence-electron chi connectivity index (χ2n) is 5.58. The standard InChI is InChI=1S/C19H18NS2.ClHO4/c1-20(2)17-11-8-15(9-12-17)10-13-19-21-14-18(22-19)16-6-4-3-5-7-16;2-1(3,4)5/h3-14H,1-2H3;(H,2,3,4,5)/q+1;/p-1/b19-13-;. The molecule has 0 fully saturated rings. The van der Waals surface area contributed by atoms with E-state index in [0.717, 1.165) is 0 Å². The topological polar surface area (TPSA) is 95.2 Å². The van der Waals surface area contributed by atoms with E-state index in [0.29, 0.717) is 0 Å². The van der Waals surface area contributed by atoms with E-state index >= 15 is 0 Å². The van der Waals surface area contributed by atoms with Crippen molar-refractivity contribution in [3.63, 3.8) is 0 Å². The highest BCUT2D eigenvalue weighted by Crippen LogP contribution is 2.48. The average Bonchev–Trinajstić information content (AvgIpc) is 3.09. The van der Waals surface area contributed by atoms with E-state index < -0.39 is 10.2 Å². The minimum Gasteiger partial charge on any atom is -0.235 e. The number of thioether (sulfide) groups is 2. The van der Waals surface area contributed by atoms with Gasteiger partial charge in [-0.1, -0.05) is 59.9 Å². The molecule has 3 rings (SSSR count). The summed E-state index contributed by atoms with van der Waals surface area (Å²) in [6.07, 6.45) is 13.0. The van der Waals surface area contributed by atoms with Crippen molar-refractivity contribution < 1.29 is 33.5 Å². The molecule has 0 aromatic heterocycles. The molecule has 142 valence electrons. The Hall–Kier alpha value is -1.58. The Balaban J connectivity index is 0.000000465. The maximum Gasteiger partial charge on any atom is 0.199 e. The monoisotopic (exact) mass is 423 g/mol. The molecule has 0 bridgehead atoms. The molecular formula is C19H18ClNO4S2. The third-order valence-electron chi connectivity index (χ3n) is 3.37. The van der Waals surface area contributed by atoms with E-state index in [4.69, 9.17) is 18.6 Å². The maximum atomic E-state index is 8.49. The summed E-state index contributed by atoms with van der Waals surface area (Å²) in [5.74, 6) is 0. The summed E-state index contributed by atoms with van der Waals surface area (Å²) in [4.78, 5) is 1.33. The van der Waals surface area contributed by atoms with Crippen LogP contribution in [0.2, 0.25) is 0 Å². The fourth-order valence-electron chi connectivity index (χ4n) is 2.12. The molecule has 1 aromatic rings. The second kappa shape index (κ2) is 10.1.